The van der Waals surface area contributed by atoms with Gasteiger partial charge in [-0.05, 0) is 101 Å². The summed E-state index contributed by atoms with van der Waals surface area (Å²) in [4.78, 5) is 16.4. The fourth-order valence-electron chi connectivity index (χ4n) is 6.46. The van der Waals surface area contributed by atoms with Crippen LogP contribution in [0.25, 0.3) is 66.1 Å². The first-order valence-electron chi connectivity index (χ1n) is 18.1. The van der Waals surface area contributed by atoms with Crippen molar-refractivity contribution < 1.29 is 13.2 Å². The lowest BCUT2D eigenvalue weighted by Crippen LogP contribution is -2.01. The number of hydrogen-bond donors (Lipinski definition) is 4. The summed E-state index contributed by atoms with van der Waals surface area (Å²) in [5, 5.41) is 9.41. The van der Waals surface area contributed by atoms with Crippen molar-refractivity contribution in [2.24, 2.45) is 5.73 Å². The summed E-state index contributed by atoms with van der Waals surface area (Å²) in [6, 6.07) is 38.2. The van der Waals surface area contributed by atoms with Crippen LogP contribution in [0.4, 0.5) is 21.7 Å². The van der Waals surface area contributed by atoms with Gasteiger partial charge >= 0.3 is 0 Å². The molecule has 10 aromatic rings. The predicted molar refractivity (Wildman–Crippen MR) is 226 cm³/mol. The van der Waals surface area contributed by atoms with E-state index in [2.05, 4.69) is 49.5 Å². The first-order chi connectivity index (χ1) is 27.9. The minimum Gasteiger partial charge on any atom is -0.456 e. The van der Waals surface area contributed by atoms with Gasteiger partial charge in [-0.2, -0.15) is 0 Å². The monoisotopic (exact) mass is 752 g/mol. The molecule has 0 fully saturated rings. The second-order valence-electron chi connectivity index (χ2n) is 13.2. The summed E-state index contributed by atoms with van der Waals surface area (Å²) < 4.78 is 25.4. The number of furan rings is 2. The quantitative estimate of drug-likeness (QED) is 0.128. The number of hydrogen-bond acceptors (Lipinski definition) is 10. The summed E-state index contributed by atoms with van der Waals surface area (Å²) >= 11 is 0. The van der Waals surface area contributed by atoms with Crippen LogP contribution >= 0.6 is 0 Å². The van der Waals surface area contributed by atoms with Crippen molar-refractivity contribution in [3.05, 3.63) is 175 Å². The fourth-order valence-corrected chi connectivity index (χ4v) is 6.46. The second-order valence-corrected chi connectivity index (χ2v) is 13.2. The minimum atomic E-state index is -0.263. The molecule has 0 saturated heterocycles. The molecule has 57 heavy (non-hydrogen) atoms. The number of halogens is 1. The second kappa shape index (κ2) is 16.4. The highest BCUT2D eigenvalue weighted by Crippen LogP contribution is 2.34. The third-order valence-electron chi connectivity index (χ3n) is 9.29. The van der Waals surface area contributed by atoms with Gasteiger partial charge in [0.1, 0.15) is 40.1 Å². The molecule has 0 atom stereocenters. The largest absolute Gasteiger partial charge is 0.456 e. The van der Waals surface area contributed by atoms with Crippen LogP contribution < -0.4 is 22.5 Å². The molecule has 0 aliphatic rings. The van der Waals surface area contributed by atoms with Crippen molar-refractivity contribution in [2.45, 2.75) is 13.1 Å². The Morgan fingerprint density at radius 1 is 0.544 bits per heavy atom. The Morgan fingerprint density at radius 3 is 1.65 bits per heavy atom. The molecule has 0 saturated carbocycles. The lowest BCUT2D eigenvalue weighted by Gasteiger charge is -2.10. The molecule has 0 spiro atoms. The average Bonchev–Trinajstić information content (AvgIpc) is 3.88. The van der Waals surface area contributed by atoms with Crippen LogP contribution in [0.2, 0.25) is 0 Å². The van der Waals surface area contributed by atoms with Gasteiger partial charge in [0.25, 0.3) is 0 Å². The average molecular weight is 753 g/mol. The zero-order valence-corrected chi connectivity index (χ0v) is 30.6. The molecule has 4 aromatic carbocycles. The van der Waals surface area contributed by atoms with Crippen LogP contribution in [0, 0.1) is 5.82 Å². The van der Waals surface area contributed by atoms with Crippen molar-refractivity contribution in [1.29, 1.82) is 0 Å². The van der Waals surface area contributed by atoms with E-state index in [0.29, 0.717) is 30.5 Å². The first kappa shape index (κ1) is 36.4. The smallest absolute Gasteiger partial charge is 0.137 e. The number of pyridine rings is 4. The van der Waals surface area contributed by atoms with Gasteiger partial charge in [-0.25, -0.2) is 14.4 Å². The molecule has 0 aliphatic carbocycles. The number of nitrogens with one attached hydrogen (secondary N) is 1. The summed E-state index contributed by atoms with van der Waals surface area (Å²) in [5.74, 6) is 2.31. The molecule has 280 valence electrons. The number of anilines is 3. The molecule has 10 rings (SSSR count). The highest BCUT2D eigenvalue weighted by molar-refractivity contribution is 5.99. The Bertz CT molecular complexity index is 2910. The van der Waals surface area contributed by atoms with E-state index >= 15 is 0 Å². The van der Waals surface area contributed by atoms with Gasteiger partial charge in [-0.1, -0.05) is 42.5 Å². The van der Waals surface area contributed by atoms with Crippen LogP contribution in [-0.2, 0) is 13.1 Å². The van der Waals surface area contributed by atoms with Crippen molar-refractivity contribution in [3.8, 4) is 22.6 Å². The molecule has 10 nitrogen and oxygen atoms in total. The Kier molecular flexibility index (Phi) is 10.5. The number of fused-ring (bicyclic) bond motifs is 4. The maximum absolute atomic E-state index is 13.5. The maximum Gasteiger partial charge on any atom is 0.137 e. The normalized spacial score (nSPS) is 10.9. The Labute approximate surface area is 326 Å². The summed E-state index contributed by atoms with van der Waals surface area (Å²) in [7, 11) is 0. The number of nitrogens with zero attached hydrogens (tertiary/aromatic N) is 4. The number of para-hydroxylation sites is 2. The SMILES string of the molecule is Fc1ccc2cncc(-c3cc4ccccc4o3)c2c1.NCc1ccnc(N)c1.Nc1cc(CNc2ccc3cncc(-c4cc5ccccc5o4)c3c2)ccn1. The van der Waals surface area contributed by atoms with Gasteiger partial charge in [-0.15, -0.1) is 0 Å². The molecular weight excluding hydrogens is 716 g/mol. The van der Waals surface area contributed by atoms with E-state index in [1.807, 2.05) is 85.2 Å². The third kappa shape index (κ3) is 8.39. The lowest BCUT2D eigenvalue weighted by molar-refractivity contribution is 0.628. The van der Waals surface area contributed by atoms with Crippen LogP contribution in [0.15, 0.2) is 167 Å². The van der Waals surface area contributed by atoms with E-state index in [1.165, 1.54) is 12.1 Å². The van der Waals surface area contributed by atoms with Gasteiger partial charge in [0, 0.05) is 88.6 Å². The van der Waals surface area contributed by atoms with Crippen LogP contribution in [0.1, 0.15) is 11.1 Å². The molecule has 7 N–H and O–H groups in total. The van der Waals surface area contributed by atoms with E-state index in [-0.39, 0.29) is 5.82 Å². The van der Waals surface area contributed by atoms with E-state index in [0.717, 1.165) is 77.2 Å². The number of rotatable bonds is 6. The molecule has 0 aliphatic heterocycles. The Balaban J connectivity index is 0.000000136. The van der Waals surface area contributed by atoms with Crippen molar-refractivity contribution in [1.82, 2.24) is 19.9 Å². The predicted octanol–water partition coefficient (Wildman–Crippen LogP) is 10.1. The Morgan fingerprint density at radius 2 is 1.09 bits per heavy atom. The van der Waals surface area contributed by atoms with E-state index < -0.39 is 0 Å². The van der Waals surface area contributed by atoms with E-state index in [9.17, 15) is 4.39 Å². The number of benzene rings is 4. The lowest BCUT2D eigenvalue weighted by atomic mass is 10.0. The zero-order valence-electron chi connectivity index (χ0n) is 30.6. The molecule has 0 amide bonds. The molecule has 0 bridgehead atoms. The molecule has 6 heterocycles. The minimum absolute atomic E-state index is 0.263. The highest BCUT2D eigenvalue weighted by Gasteiger charge is 2.12. The standard InChI is InChI=1S/C23H18N4O.C17H10FNO.C6H9N3/c24-23-9-15(7-8-26-23)12-27-18-6-5-17-13-25-14-20(19(17)11-18)22-10-16-3-1-2-4-21(16)28-22;18-13-6-5-12-9-19-10-15(14(12)8-13)17-7-11-3-1-2-4-16(11)20-17;7-4-5-1-2-9-6(8)3-5/h1-11,13-14,27H,12H2,(H2,24,26);1-10H;1-3H,4,7H2,(H2,8,9). The highest BCUT2D eigenvalue weighted by atomic mass is 19.1. The topological polar surface area (TPSA) is 168 Å². The zero-order chi connectivity index (χ0) is 39.1. The van der Waals surface area contributed by atoms with Crippen molar-refractivity contribution in [3.63, 3.8) is 0 Å². The fraction of sp³-hybridized carbons (Fsp3) is 0.0435. The summed E-state index contributed by atoms with van der Waals surface area (Å²) in [6.07, 6.45) is 10.5. The number of nitrogen functional groups attached to an aromatic ring is 2. The van der Waals surface area contributed by atoms with Crippen molar-refractivity contribution in [2.75, 3.05) is 16.8 Å². The van der Waals surface area contributed by atoms with Gasteiger partial charge < -0.3 is 31.4 Å². The van der Waals surface area contributed by atoms with Gasteiger partial charge in [0.15, 0.2) is 0 Å². The summed E-state index contributed by atoms with van der Waals surface area (Å²) in [6.45, 7) is 1.19. The molecule has 11 heteroatoms. The van der Waals surface area contributed by atoms with Crippen LogP contribution in [-0.4, -0.2) is 19.9 Å². The van der Waals surface area contributed by atoms with Crippen LogP contribution in [0.3, 0.4) is 0 Å². The Hall–Kier alpha value is -7.63. The van der Waals surface area contributed by atoms with Gasteiger partial charge in [-0.3, -0.25) is 9.97 Å². The molecule has 0 radical (unpaired) electrons. The van der Waals surface area contributed by atoms with Crippen molar-refractivity contribution >= 4 is 60.8 Å². The first-order valence-corrected chi connectivity index (χ1v) is 18.1. The van der Waals surface area contributed by atoms with E-state index in [1.54, 1.807) is 36.9 Å². The molecule has 0 unspecified atom stereocenters. The number of nitrogens with two attached hydrogens (primary N) is 3. The van der Waals surface area contributed by atoms with E-state index in [4.69, 9.17) is 26.0 Å². The molecular formula is C46H37FN8O2. The van der Waals surface area contributed by atoms with Gasteiger partial charge in [0.2, 0.25) is 0 Å². The molecule has 6 aromatic heterocycles. The van der Waals surface area contributed by atoms with Gasteiger partial charge in [0.05, 0.1) is 0 Å². The van der Waals surface area contributed by atoms with Crippen LogP contribution in [0.5, 0.6) is 0 Å². The maximum atomic E-state index is 13.5. The number of aromatic nitrogens is 4. The summed E-state index contributed by atoms with van der Waals surface area (Å²) in [5.41, 5.74) is 23.1. The third-order valence-corrected chi connectivity index (χ3v) is 9.29.